The third-order valence-corrected chi connectivity index (χ3v) is 20.8. The van der Waals surface area contributed by atoms with Gasteiger partial charge in [-0.2, -0.15) is 0 Å². The van der Waals surface area contributed by atoms with Crippen LogP contribution in [0, 0.1) is 23.7 Å². The van der Waals surface area contributed by atoms with Gasteiger partial charge in [-0.1, -0.05) is 81.6 Å². The lowest BCUT2D eigenvalue weighted by Gasteiger charge is -2.23. The highest BCUT2D eigenvalue weighted by Gasteiger charge is 2.35. The van der Waals surface area contributed by atoms with E-state index in [-0.39, 0.29) is 132 Å². The van der Waals surface area contributed by atoms with Gasteiger partial charge in [0.2, 0.25) is 17.7 Å². The summed E-state index contributed by atoms with van der Waals surface area (Å²) in [6, 6.07) is 14.3. The molecule has 0 saturated carbocycles. The molecular weight excluding hydrogens is 1950 g/mol. The predicted octanol–water partition coefficient (Wildman–Crippen LogP) is 7.80. The second-order valence-corrected chi connectivity index (χ2v) is 35.7. The normalized spacial score (nSPS) is 13.0. The number of hydrogen-bond acceptors (Lipinski definition) is 36. The largest absolute Gasteiger partial charge is 0.481 e. The van der Waals surface area contributed by atoms with Crippen molar-refractivity contribution in [2.45, 2.75) is 219 Å². The van der Waals surface area contributed by atoms with E-state index in [1.807, 2.05) is 36.4 Å². The zero-order valence-corrected chi connectivity index (χ0v) is 89.3. The van der Waals surface area contributed by atoms with Gasteiger partial charge in [0.15, 0.2) is 5.78 Å². The monoisotopic (exact) mass is 2130 g/mol. The van der Waals surface area contributed by atoms with Crippen molar-refractivity contribution in [2.75, 3.05) is 246 Å². The van der Waals surface area contributed by atoms with E-state index in [1.165, 1.54) is 0 Å². The summed E-state index contributed by atoms with van der Waals surface area (Å²) < 4.78 is 98.8. The fourth-order valence-corrected chi connectivity index (χ4v) is 13.2. The molecule has 1 aliphatic heterocycles. The average Bonchev–Trinajstić information content (AvgIpc) is 1.61. The molecule has 0 aromatic heterocycles. The second kappa shape index (κ2) is 90.7. The zero-order valence-electron chi connectivity index (χ0n) is 88.5. The molecule has 6 amide bonds. The first-order valence-electron chi connectivity index (χ1n) is 50.1. The van der Waals surface area contributed by atoms with Gasteiger partial charge in [-0.3, -0.25) is 57.5 Å². The highest BCUT2D eigenvalue weighted by molar-refractivity contribution is 6.01. The molecule has 0 bridgehead atoms. The van der Waals surface area contributed by atoms with E-state index in [1.54, 1.807) is 83.8 Å². The molecule has 46 heteroatoms. The molecule has 1 saturated heterocycles. The number of methoxy groups -OCH3 is 4. The van der Waals surface area contributed by atoms with E-state index >= 15 is 0 Å². The molecule has 45 nitrogen and oxygen atoms in total. The summed E-state index contributed by atoms with van der Waals surface area (Å²) in [5.41, 5.74) is 13.9. The summed E-state index contributed by atoms with van der Waals surface area (Å²) in [7, 11) is 6.46. The van der Waals surface area contributed by atoms with Crippen molar-refractivity contribution >= 4 is 95.6 Å². The van der Waals surface area contributed by atoms with E-state index in [0.29, 0.717) is 261 Å². The van der Waals surface area contributed by atoms with Gasteiger partial charge in [0.25, 0.3) is 11.8 Å². The number of carboxylic acids is 4. The number of carbonyl (C=O) groups is 14. The summed E-state index contributed by atoms with van der Waals surface area (Å²) in [6.45, 7) is 28.6. The topological polar surface area (TPSA) is 608 Å². The Labute approximate surface area is 871 Å². The number of hydrogen-bond donors (Lipinski definition) is 10. The van der Waals surface area contributed by atoms with Crippen molar-refractivity contribution in [1.82, 2.24) is 26.3 Å². The number of amides is 6. The van der Waals surface area contributed by atoms with Crippen LogP contribution in [0.15, 0.2) is 48.5 Å². The number of Topliss-reactive ketones (excluding diaryl/α,β-unsaturated/α-hetero) is 1. The fourth-order valence-electron chi connectivity index (χ4n) is 13.2. The van der Waals surface area contributed by atoms with Gasteiger partial charge in [-0.25, -0.2) is 9.59 Å². The molecule has 147 heavy (non-hydrogen) atoms. The first kappa shape index (κ1) is 140. The number of ether oxygens (including phenoxy) is 19. The number of fused-ring (bicyclic) bond motifs is 3. The van der Waals surface area contributed by atoms with Crippen molar-refractivity contribution < 1.29 is 182 Å². The Morgan fingerprint density at radius 3 is 0.980 bits per heavy atom. The van der Waals surface area contributed by atoms with Gasteiger partial charge >= 0.3 is 47.9 Å². The minimum absolute atomic E-state index is 0. The number of alkyl carbamates (subject to hydrolysis) is 1. The second-order valence-electron chi connectivity index (χ2n) is 35.7. The van der Waals surface area contributed by atoms with Crippen LogP contribution in [0.3, 0.4) is 0 Å². The lowest BCUT2D eigenvalue weighted by Crippen LogP contribution is -2.45. The van der Waals surface area contributed by atoms with Crippen molar-refractivity contribution in [1.29, 1.82) is 0 Å². The molecule has 0 spiro atoms. The van der Waals surface area contributed by atoms with E-state index in [9.17, 15) is 77.3 Å². The van der Waals surface area contributed by atoms with E-state index in [4.69, 9.17) is 112 Å². The van der Waals surface area contributed by atoms with Crippen LogP contribution in [-0.4, -0.2) is 378 Å². The summed E-state index contributed by atoms with van der Waals surface area (Å²) in [5.74, 6) is -10.1. The number of benzene rings is 2. The number of rotatable bonds is 83. The van der Waals surface area contributed by atoms with E-state index in [2.05, 4.69) is 38.2 Å². The molecule has 1 aliphatic carbocycles. The fraction of sp³-hybridized carbons (Fsp3) is 0.743. The molecule has 846 valence electrons. The number of carbonyl (C=O) groups excluding carboxylic acids is 10. The maximum Gasteiger partial charge on any atom is 0.407 e. The first-order valence-corrected chi connectivity index (χ1v) is 50.1. The molecule has 4 rings (SSSR count). The van der Waals surface area contributed by atoms with Gasteiger partial charge in [0, 0.05) is 92.5 Å². The minimum atomic E-state index is -1.07. The molecular formula is C101H172ClN7O38. The summed E-state index contributed by atoms with van der Waals surface area (Å²) in [4.78, 5) is 168. The Morgan fingerprint density at radius 2 is 0.680 bits per heavy atom. The Bertz CT molecular complexity index is 3820. The number of hydroxylamine groups is 2. The number of nitrogens with one attached hydrogen (secondary N) is 4. The summed E-state index contributed by atoms with van der Waals surface area (Å²) >= 11 is 0. The summed E-state index contributed by atoms with van der Waals surface area (Å²) in [5, 5.41) is 48.2. The molecule has 0 unspecified atom stereocenters. The van der Waals surface area contributed by atoms with E-state index < -0.39 is 101 Å². The van der Waals surface area contributed by atoms with Crippen molar-refractivity contribution in [3.63, 3.8) is 0 Å². The van der Waals surface area contributed by atoms with Gasteiger partial charge in [-0.15, -0.1) is 17.5 Å². The zero-order chi connectivity index (χ0) is 109. The van der Waals surface area contributed by atoms with Crippen molar-refractivity contribution in [3.05, 3.63) is 59.7 Å². The van der Waals surface area contributed by atoms with Gasteiger partial charge in [-0.05, 0) is 134 Å². The van der Waals surface area contributed by atoms with Crippen LogP contribution < -0.4 is 32.7 Å². The maximum atomic E-state index is 13.2. The highest BCUT2D eigenvalue weighted by atomic mass is 35.5. The number of imide groups is 1. The van der Waals surface area contributed by atoms with Crippen molar-refractivity contribution in [2.24, 2.45) is 35.1 Å². The number of aliphatic carboxylic acids is 4. The number of unbranched alkanes of at least 4 members (excludes halogenated alkanes) is 4. The third-order valence-electron chi connectivity index (χ3n) is 20.8. The van der Waals surface area contributed by atoms with Gasteiger partial charge in [0.1, 0.15) is 23.9 Å². The quantitative estimate of drug-likeness (QED) is 0.0131. The number of nitrogens with two attached hydrogens (primary N) is 2. The Kier molecular flexibility index (Phi) is 86.2. The van der Waals surface area contributed by atoms with E-state index in [0.717, 1.165) is 35.1 Å². The lowest BCUT2D eigenvalue weighted by molar-refractivity contribution is -0.198. The van der Waals surface area contributed by atoms with Crippen LogP contribution >= 0.6 is 12.4 Å². The summed E-state index contributed by atoms with van der Waals surface area (Å²) in [6.07, 6.45) is 6.36. The number of ketones is 1. The van der Waals surface area contributed by atoms with Gasteiger partial charge in [0.05, 0.1) is 228 Å². The van der Waals surface area contributed by atoms with Crippen LogP contribution in [0.4, 0.5) is 4.79 Å². The van der Waals surface area contributed by atoms with Crippen LogP contribution in [0.2, 0.25) is 0 Å². The van der Waals surface area contributed by atoms with Crippen LogP contribution in [0.1, 0.15) is 207 Å². The molecule has 0 radical (unpaired) electrons. The molecule has 1 fully saturated rings. The molecule has 5 atom stereocenters. The number of nitrogens with zero attached hydrogens (tertiary/aromatic N) is 1. The molecule has 1 heterocycles. The van der Waals surface area contributed by atoms with Crippen molar-refractivity contribution in [3.8, 4) is 11.1 Å². The maximum absolute atomic E-state index is 13.2. The SMILES string of the molecule is CC(C)(C)OC(=O)C[C@@H](CCCCN)C(=O)O.COCCOCCOCCOCCC(=O)NCCCC[C@H](CC(=O)OC(C)(C)C)C(=O)O.COCCOCCOCCOCCC(=O)NCCCC[C@H](CC(=O)[C@@H](NC(=O)OCC1c2ccccc2-c2ccccc21)C(C)C)C(=O)O.COCCOCCOCCOCCC(=O)NCCCC[C@H](N)C(=O)O.COCCOCCOCCOCCC(=O)ON1C(=O)CCC1=O.Cl. The molecule has 2 aliphatic rings. The van der Waals surface area contributed by atoms with Gasteiger partial charge < -0.3 is 148 Å². The standard InChI is InChI=1S/C37H52N2O10.C22H41NO9.C16H32N2O7.C14H23NO8.C12H23NO4.ClH/c1-26(2)35(39-37(44)49-25-32-30-13-6-4-11-28(30)29-12-5-7-14-31(29)32)33(40)24-27(36(42)43)10-8-9-16-38-34(41)15-17-46-20-21-48-23-22-47-19-18-45-3;1-22(2,3)32-20(25)17-18(21(26)27)7-5-6-9-23-19(24)8-10-29-13-14-31-16-15-30-12-11-28-4;1-22-8-9-24-12-13-25-11-10-23-7-5-15(19)18-6-3-2-4-14(17)16(20)21;1-19-6-7-21-10-11-22-9-8-20-5-4-14(18)23-15-12(16)2-3-13(15)17;1-12(2,3)17-10(14)8-9(11(15)16)6-4-5-7-13;/h4-7,11-14,26-27,32,35H,8-10,15-25H2,1-3H3,(H,38,41)(H,39,44)(H,42,43);18H,5-17H2,1-4H3,(H,23,24)(H,26,27);14H,2-13,17H2,1H3,(H,18,19)(H,20,21);2-11H2,1H3;9H,4-8,13H2,1-3H3,(H,15,16);1H/t27-,35+;18-;14-;;9-;/m110.1./s1. The highest BCUT2D eigenvalue weighted by Crippen LogP contribution is 2.44. The predicted molar refractivity (Wildman–Crippen MR) is 540 cm³/mol. The Morgan fingerprint density at radius 1 is 0.388 bits per heavy atom. The lowest BCUT2D eigenvalue weighted by atomic mass is 9.90. The number of esters is 2. The average molecular weight is 2130 g/mol. The first-order chi connectivity index (χ1) is 69.9. The minimum Gasteiger partial charge on any atom is -0.481 e. The smallest absolute Gasteiger partial charge is 0.407 e. The van der Waals surface area contributed by atoms with Crippen LogP contribution in [0.25, 0.3) is 11.1 Å². The molecule has 2 aromatic rings. The molecule has 2 aromatic carbocycles. The Hall–Kier alpha value is -9.21. The number of carboxylic acid groups (broad SMARTS) is 4. The number of halogens is 1. The third kappa shape index (κ3) is 78.6. The Balaban J connectivity index is 0. The van der Waals surface area contributed by atoms with Crippen LogP contribution in [0.5, 0.6) is 0 Å². The van der Waals surface area contributed by atoms with Crippen LogP contribution in [-0.2, 0) is 157 Å². The molecule has 12 N–H and O–H groups in total.